The molecule has 0 aromatic heterocycles. The molecule has 1 N–H and O–H groups in total. The van der Waals surface area contributed by atoms with Crippen molar-refractivity contribution in [2.45, 2.75) is 103 Å². The second-order valence-corrected chi connectivity index (χ2v) is 10.1. The van der Waals surface area contributed by atoms with Crippen molar-refractivity contribution < 1.29 is 29.0 Å². The van der Waals surface area contributed by atoms with Gasteiger partial charge in [0.15, 0.2) is 6.10 Å². The van der Waals surface area contributed by atoms with Gasteiger partial charge in [-0.2, -0.15) is 0 Å². The number of unbranched alkanes of at least 4 members (excludes halogenated alkanes) is 4. The van der Waals surface area contributed by atoms with E-state index >= 15 is 0 Å². The summed E-state index contributed by atoms with van der Waals surface area (Å²) in [5, 5.41) is 11.1. The van der Waals surface area contributed by atoms with Crippen molar-refractivity contribution in [1.29, 1.82) is 0 Å². The maximum Gasteiger partial charge on any atom is 0.313 e. The van der Waals surface area contributed by atoms with Crippen LogP contribution in [0.25, 0.3) is 0 Å². The number of aliphatic hydroxyl groups is 1. The molecule has 0 aliphatic carbocycles. The molecule has 0 spiro atoms. The molecule has 1 aromatic rings. The Bertz CT molecular complexity index is 811. The quantitative estimate of drug-likeness (QED) is 0.411. The number of nitrogens with zero attached hydrogens (tertiary/aromatic N) is 1. The first kappa shape index (κ1) is 28.8. The lowest BCUT2D eigenvalue weighted by Crippen LogP contribution is -2.53. The minimum Gasteiger partial charge on any atom is -0.461 e. The summed E-state index contributed by atoms with van der Waals surface area (Å²) in [6.45, 7) is 7.48. The summed E-state index contributed by atoms with van der Waals surface area (Å²) in [5.41, 5.74) is 0.924. The van der Waals surface area contributed by atoms with Gasteiger partial charge in [0.2, 0.25) is 0 Å². The summed E-state index contributed by atoms with van der Waals surface area (Å²) < 4.78 is 11.5. The molecular formula is C28H43NO6. The third kappa shape index (κ3) is 8.64. The highest BCUT2D eigenvalue weighted by Crippen LogP contribution is 2.24. The van der Waals surface area contributed by atoms with E-state index < -0.39 is 42.2 Å². The van der Waals surface area contributed by atoms with Gasteiger partial charge in [0.25, 0.3) is 5.91 Å². The molecule has 1 aromatic carbocycles. The first-order valence-electron chi connectivity index (χ1n) is 13.0. The van der Waals surface area contributed by atoms with Crippen LogP contribution in [0, 0.1) is 11.8 Å². The van der Waals surface area contributed by atoms with Crippen LogP contribution < -0.4 is 0 Å². The Morgan fingerprint density at radius 1 is 1.03 bits per heavy atom. The summed E-state index contributed by atoms with van der Waals surface area (Å²) in [6.07, 6.45) is 3.04. The van der Waals surface area contributed by atoms with E-state index in [9.17, 15) is 19.5 Å². The van der Waals surface area contributed by atoms with Crippen LogP contribution in [-0.2, 0) is 30.3 Å². The molecule has 1 aliphatic heterocycles. The Labute approximate surface area is 210 Å². The highest BCUT2D eigenvalue weighted by atomic mass is 16.6. The van der Waals surface area contributed by atoms with E-state index in [1.54, 1.807) is 14.0 Å². The summed E-state index contributed by atoms with van der Waals surface area (Å²) >= 11 is 0. The number of aliphatic hydroxyl groups excluding tert-OH is 1. The Morgan fingerprint density at radius 2 is 1.69 bits per heavy atom. The molecule has 0 radical (unpaired) electrons. The lowest BCUT2D eigenvalue weighted by atomic mass is 9.95. The van der Waals surface area contributed by atoms with Gasteiger partial charge in [-0.15, -0.1) is 0 Å². The third-order valence-electron chi connectivity index (χ3n) is 6.85. The Kier molecular flexibility index (Phi) is 11.7. The van der Waals surface area contributed by atoms with Gasteiger partial charge in [0.1, 0.15) is 6.10 Å². The van der Waals surface area contributed by atoms with Gasteiger partial charge in [0.05, 0.1) is 24.5 Å². The first-order chi connectivity index (χ1) is 16.6. The van der Waals surface area contributed by atoms with E-state index in [4.69, 9.17) is 9.47 Å². The van der Waals surface area contributed by atoms with Gasteiger partial charge in [-0.05, 0) is 37.7 Å². The molecule has 0 unspecified atom stereocenters. The molecule has 7 nitrogen and oxygen atoms in total. The summed E-state index contributed by atoms with van der Waals surface area (Å²) in [5.74, 6) is -2.46. The van der Waals surface area contributed by atoms with E-state index in [0.717, 1.165) is 37.7 Å². The van der Waals surface area contributed by atoms with E-state index in [1.807, 2.05) is 44.2 Å². The van der Waals surface area contributed by atoms with Crippen molar-refractivity contribution >= 4 is 17.8 Å². The van der Waals surface area contributed by atoms with Gasteiger partial charge < -0.3 is 19.5 Å². The predicted molar refractivity (Wildman–Crippen MR) is 134 cm³/mol. The van der Waals surface area contributed by atoms with Crippen LogP contribution in [0.5, 0.6) is 0 Å². The van der Waals surface area contributed by atoms with Gasteiger partial charge in [-0.1, -0.05) is 76.8 Å². The molecule has 1 fully saturated rings. The largest absolute Gasteiger partial charge is 0.461 e. The molecule has 7 heteroatoms. The van der Waals surface area contributed by atoms with Crippen molar-refractivity contribution in [2.24, 2.45) is 11.8 Å². The Hall–Kier alpha value is -2.41. The van der Waals surface area contributed by atoms with E-state index in [-0.39, 0.29) is 18.2 Å². The highest BCUT2D eigenvalue weighted by molar-refractivity contribution is 5.85. The standard InChI is InChI=1S/C28H43NO6/c1-6-7-8-9-13-16-24-20(4)28(33)35-26(19(2)3)27(32)29(5)22(23(30)18-25(31)34-24)17-21-14-11-10-12-15-21/h10-12,14-15,19-20,22-24,26,30H,6-9,13,16-18H2,1-5H3/t20-,22+,23+,24+,26-/m0/s1. The smallest absolute Gasteiger partial charge is 0.313 e. The van der Waals surface area contributed by atoms with Crippen LogP contribution >= 0.6 is 0 Å². The summed E-state index contributed by atoms with van der Waals surface area (Å²) in [7, 11) is 1.59. The minimum atomic E-state index is -1.12. The number of ether oxygens (including phenoxy) is 2. The van der Waals surface area contributed by atoms with E-state index in [1.165, 1.54) is 4.90 Å². The fraction of sp³-hybridized carbons (Fsp3) is 0.679. The molecule has 1 heterocycles. The fourth-order valence-corrected chi connectivity index (χ4v) is 4.49. The van der Waals surface area contributed by atoms with Crippen molar-refractivity contribution in [2.75, 3.05) is 7.05 Å². The first-order valence-corrected chi connectivity index (χ1v) is 13.0. The van der Waals surface area contributed by atoms with E-state index in [0.29, 0.717) is 12.8 Å². The number of likely N-dealkylation sites (N-methyl/N-ethyl adjacent to an activating group) is 1. The number of carbonyl (C=O) groups excluding carboxylic acids is 3. The van der Waals surface area contributed by atoms with Crippen LogP contribution in [0.2, 0.25) is 0 Å². The minimum absolute atomic E-state index is 0.254. The molecule has 1 amide bonds. The Morgan fingerprint density at radius 3 is 2.31 bits per heavy atom. The molecule has 2 rings (SSSR count). The number of amides is 1. The zero-order chi connectivity index (χ0) is 26.0. The summed E-state index contributed by atoms with van der Waals surface area (Å²) in [6, 6.07) is 8.81. The normalized spacial score (nSPS) is 26.7. The molecule has 1 saturated heterocycles. The van der Waals surface area contributed by atoms with Crippen molar-refractivity contribution in [3.05, 3.63) is 35.9 Å². The lowest BCUT2D eigenvalue weighted by Gasteiger charge is -2.36. The molecular weight excluding hydrogens is 446 g/mol. The fourth-order valence-electron chi connectivity index (χ4n) is 4.49. The number of hydrogen-bond acceptors (Lipinski definition) is 6. The molecule has 1 aliphatic rings. The number of carbonyl (C=O) groups is 3. The average molecular weight is 490 g/mol. The number of esters is 2. The van der Waals surface area contributed by atoms with Crippen molar-refractivity contribution in [1.82, 2.24) is 4.90 Å². The number of cyclic esters (lactones) is 2. The van der Waals surface area contributed by atoms with Gasteiger partial charge in [-0.3, -0.25) is 14.4 Å². The predicted octanol–water partition coefficient (Wildman–Crippen LogP) is 4.30. The molecule has 0 saturated carbocycles. The van der Waals surface area contributed by atoms with Crippen LogP contribution in [0.1, 0.15) is 78.2 Å². The number of benzene rings is 1. The van der Waals surface area contributed by atoms with Crippen molar-refractivity contribution in [3.63, 3.8) is 0 Å². The maximum atomic E-state index is 13.5. The van der Waals surface area contributed by atoms with Gasteiger partial charge in [0, 0.05) is 7.05 Å². The molecule has 196 valence electrons. The lowest BCUT2D eigenvalue weighted by molar-refractivity contribution is -0.176. The zero-order valence-electron chi connectivity index (χ0n) is 21.9. The van der Waals surface area contributed by atoms with Crippen molar-refractivity contribution in [3.8, 4) is 0 Å². The maximum absolute atomic E-state index is 13.5. The average Bonchev–Trinajstić information content (AvgIpc) is 2.83. The van der Waals surface area contributed by atoms with Crippen LogP contribution in [0.15, 0.2) is 30.3 Å². The third-order valence-corrected chi connectivity index (χ3v) is 6.85. The zero-order valence-corrected chi connectivity index (χ0v) is 21.9. The number of hydrogen-bond donors (Lipinski definition) is 1. The Balaban J connectivity index is 2.31. The van der Waals surface area contributed by atoms with Crippen LogP contribution in [0.4, 0.5) is 0 Å². The topological polar surface area (TPSA) is 93.1 Å². The van der Waals surface area contributed by atoms with Gasteiger partial charge in [-0.25, -0.2) is 0 Å². The van der Waals surface area contributed by atoms with E-state index in [2.05, 4.69) is 6.92 Å². The molecule has 35 heavy (non-hydrogen) atoms. The second kappa shape index (κ2) is 14.2. The van der Waals surface area contributed by atoms with Gasteiger partial charge >= 0.3 is 11.9 Å². The number of rotatable bonds is 9. The highest BCUT2D eigenvalue weighted by Gasteiger charge is 2.39. The monoisotopic (exact) mass is 489 g/mol. The second-order valence-electron chi connectivity index (χ2n) is 10.1. The molecule has 5 atom stereocenters. The molecule has 0 bridgehead atoms. The van der Waals surface area contributed by atoms with Crippen LogP contribution in [0.3, 0.4) is 0 Å². The SMILES string of the molecule is CCCCCCC[C@H]1OC(=O)C[C@@H](O)[C@@H](Cc2ccccc2)N(C)C(=O)[C@H](C(C)C)OC(=O)[C@H]1C. The summed E-state index contributed by atoms with van der Waals surface area (Å²) in [4.78, 5) is 40.8. The van der Waals surface area contributed by atoms with Crippen LogP contribution in [-0.4, -0.2) is 59.3 Å².